The van der Waals surface area contributed by atoms with Gasteiger partial charge in [-0.05, 0) is 41.4 Å². The van der Waals surface area contributed by atoms with Crippen LogP contribution in [0.4, 0.5) is 0 Å². The van der Waals surface area contributed by atoms with Crippen molar-refractivity contribution in [2.24, 2.45) is 16.2 Å². The molecule has 0 heterocycles. The maximum Gasteiger partial charge on any atom is -0.0185 e. The third-order valence-electron chi connectivity index (χ3n) is 4.40. The zero-order chi connectivity index (χ0) is 13.2. The molecule has 0 spiro atoms. The maximum atomic E-state index is 2.43. The first-order valence-electron chi connectivity index (χ1n) is 6.83. The van der Waals surface area contributed by atoms with Crippen molar-refractivity contribution < 1.29 is 0 Å². The van der Waals surface area contributed by atoms with E-state index in [1.54, 1.807) is 5.92 Å². The van der Waals surface area contributed by atoms with Gasteiger partial charge < -0.3 is 0 Å². The summed E-state index contributed by atoms with van der Waals surface area (Å²) in [5, 5.41) is 0. The van der Waals surface area contributed by atoms with Crippen molar-refractivity contribution in [1.29, 1.82) is 0 Å². The standard InChI is InChI=1S/C16H33/c1-10-13(11-2)16(8,9)15(6,7)12-14(3,4)5/h10-12H2,1-9H3. The molecular formula is C16H33. The summed E-state index contributed by atoms with van der Waals surface area (Å²) < 4.78 is 0. The Labute approximate surface area is 104 Å². The molecule has 0 aliphatic carbocycles. The molecule has 0 N–H and O–H groups in total. The van der Waals surface area contributed by atoms with Crippen LogP contribution in [0.3, 0.4) is 0 Å². The first-order valence-corrected chi connectivity index (χ1v) is 6.83. The monoisotopic (exact) mass is 225 g/mol. The van der Waals surface area contributed by atoms with E-state index in [0.29, 0.717) is 16.2 Å². The molecule has 0 heteroatoms. The Morgan fingerprint density at radius 3 is 1.38 bits per heavy atom. The van der Waals surface area contributed by atoms with Crippen molar-refractivity contribution in [2.75, 3.05) is 0 Å². The van der Waals surface area contributed by atoms with E-state index in [1.807, 2.05) is 0 Å². The zero-order valence-corrected chi connectivity index (χ0v) is 13.1. The maximum absolute atomic E-state index is 2.43. The highest BCUT2D eigenvalue weighted by atomic mass is 14.5. The minimum atomic E-state index is 0.337. The second-order valence-electron chi connectivity index (χ2n) is 7.56. The average Bonchev–Trinajstić information content (AvgIpc) is 2.00. The Morgan fingerprint density at radius 1 is 0.750 bits per heavy atom. The van der Waals surface area contributed by atoms with E-state index in [0.717, 1.165) is 0 Å². The zero-order valence-electron chi connectivity index (χ0n) is 13.1. The second-order valence-corrected chi connectivity index (χ2v) is 7.56. The molecule has 0 rings (SSSR count). The third kappa shape index (κ3) is 3.79. The smallest absolute Gasteiger partial charge is 0.0185 e. The molecule has 0 aromatic carbocycles. The molecule has 0 amide bonds. The SMILES string of the molecule is CC[C](CC)C(C)(C)C(C)(C)CC(C)(C)C. The minimum Gasteiger partial charge on any atom is -0.0648 e. The molecule has 0 aromatic heterocycles. The van der Waals surface area contributed by atoms with E-state index in [4.69, 9.17) is 0 Å². The Kier molecular flexibility index (Phi) is 5.10. The van der Waals surface area contributed by atoms with E-state index in [2.05, 4.69) is 62.3 Å². The topological polar surface area (TPSA) is 0 Å². The fourth-order valence-electron chi connectivity index (χ4n) is 3.16. The summed E-state index contributed by atoms with van der Waals surface area (Å²) in [5.41, 5.74) is 1.11. The molecule has 0 aliphatic rings. The molecule has 0 fully saturated rings. The van der Waals surface area contributed by atoms with Crippen LogP contribution in [-0.4, -0.2) is 0 Å². The van der Waals surface area contributed by atoms with Crippen LogP contribution in [0.25, 0.3) is 0 Å². The lowest BCUT2D eigenvalue weighted by molar-refractivity contribution is 0.0637. The second kappa shape index (κ2) is 5.10. The predicted octanol–water partition coefficient (Wildman–Crippen LogP) is 5.87. The predicted molar refractivity (Wildman–Crippen MR) is 75.5 cm³/mol. The van der Waals surface area contributed by atoms with Crippen LogP contribution in [0.15, 0.2) is 0 Å². The van der Waals surface area contributed by atoms with Gasteiger partial charge in [-0.1, -0.05) is 62.3 Å². The molecule has 0 bridgehead atoms. The summed E-state index contributed by atoms with van der Waals surface area (Å²) in [5.74, 6) is 1.71. The molecule has 0 aromatic rings. The van der Waals surface area contributed by atoms with Gasteiger partial charge in [0, 0.05) is 0 Å². The largest absolute Gasteiger partial charge is 0.0648 e. The summed E-state index contributed by atoms with van der Waals surface area (Å²) >= 11 is 0. The van der Waals surface area contributed by atoms with Crippen LogP contribution >= 0.6 is 0 Å². The van der Waals surface area contributed by atoms with Crippen LogP contribution in [0.5, 0.6) is 0 Å². The van der Waals surface area contributed by atoms with Crippen LogP contribution in [0.2, 0.25) is 0 Å². The van der Waals surface area contributed by atoms with Crippen molar-refractivity contribution in [3.05, 3.63) is 5.92 Å². The fraction of sp³-hybridized carbons (Fsp3) is 0.938. The van der Waals surface area contributed by atoms with Crippen molar-refractivity contribution in [3.63, 3.8) is 0 Å². The Balaban J connectivity index is 4.96. The molecule has 0 saturated carbocycles. The fourth-order valence-corrected chi connectivity index (χ4v) is 3.16. The van der Waals surface area contributed by atoms with Crippen molar-refractivity contribution >= 4 is 0 Å². The van der Waals surface area contributed by atoms with Crippen LogP contribution in [-0.2, 0) is 0 Å². The lowest BCUT2D eigenvalue weighted by atomic mass is 9.56. The lowest BCUT2D eigenvalue weighted by Gasteiger charge is -2.49. The van der Waals surface area contributed by atoms with Crippen molar-refractivity contribution in [1.82, 2.24) is 0 Å². The van der Waals surface area contributed by atoms with Crippen LogP contribution in [0, 0.1) is 22.2 Å². The van der Waals surface area contributed by atoms with Gasteiger partial charge in [-0.25, -0.2) is 0 Å². The van der Waals surface area contributed by atoms with E-state index in [-0.39, 0.29) is 0 Å². The summed E-state index contributed by atoms with van der Waals surface area (Å²) in [6.07, 6.45) is 3.71. The summed E-state index contributed by atoms with van der Waals surface area (Å²) in [6, 6.07) is 0. The van der Waals surface area contributed by atoms with Gasteiger partial charge in [0.05, 0.1) is 0 Å². The van der Waals surface area contributed by atoms with E-state index < -0.39 is 0 Å². The average molecular weight is 225 g/mol. The van der Waals surface area contributed by atoms with E-state index >= 15 is 0 Å². The van der Waals surface area contributed by atoms with Gasteiger partial charge in [-0.15, -0.1) is 0 Å². The summed E-state index contributed by atoms with van der Waals surface area (Å²) in [7, 11) is 0. The molecule has 0 aliphatic heterocycles. The Bertz CT molecular complexity index is 199. The highest BCUT2D eigenvalue weighted by molar-refractivity contribution is 5.08. The van der Waals surface area contributed by atoms with Gasteiger partial charge in [-0.3, -0.25) is 0 Å². The highest BCUT2D eigenvalue weighted by Gasteiger charge is 2.43. The van der Waals surface area contributed by atoms with Gasteiger partial charge >= 0.3 is 0 Å². The van der Waals surface area contributed by atoms with Gasteiger partial charge in [0.25, 0.3) is 0 Å². The number of hydrogen-bond acceptors (Lipinski definition) is 0. The van der Waals surface area contributed by atoms with Gasteiger partial charge in [0.1, 0.15) is 0 Å². The molecule has 0 nitrogen and oxygen atoms in total. The summed E-state index contributed by atoms with van der Waals surface area (Å²) in [6.45, 7) is 21.4. The Morgan fingerprint density at radius 2 is 1.12 bits per heavy atom. The van der Waals surface area contributed by atoms with E-state index in [1.165, 1.54) is 19.3 Å². The molecule has 0 saturated heterocycles. The van der Waals surface area contributed by atoms with Gasteiger partial charge in [0.15, 0.2) is 0 Å². The third-order valence-corrected chi connectivity index (χ3v) is 4.40. The molecule has 97 valence electrons. The van der Waals surface area contributed by atoms with Gasteiger partial charge in [0.2, 0.25) is 0 Å². The van der Waals surface area contributed by atoms with Crippen LogP contribution < -0.4 is 0 Å². The summed E-state index contributed by atoms with van der Waals surface area (Å²) in [4.78, 5) is 0. The minimum absolute atomic E-state index is 0.337. The number of hydrogen-bond donors (Lipinski definition) is 0. The van der Waals surface area contributed by atoms with Crippen LogP contribution in [0.1, 0.15) is 81.6 Å². The molecule has 0 unspecified atom stereocenters. The Hall–Kier alpha value is 0. The highest BCUT2D eigenvalue weighted by Crippen LogP contribution is 2.52. The van der Waals surface area contributed by atoms with Crippen molar-refractivity contribution in [3.8, 4) is 0 Å². The molecular weight excluding hydrogens is 192 g/mol. The first kappa shape index (κ1) is 16.0. The molecule has 16 heavy (non-hydrogen) atoms. The lowest BCUT2D eigenvalue weighted by Crippen LogP contribution is -2.40. The number of rotatable bonds is 5. The molecule has 0 atom stereocenters. The van der Waals surface area contributed by atoms with E-state index in [9.17, 15) is 0 Å². The van der Waals surface area contributed by atoms with Gasteiger partial charge in [-0.2, -0.15) is 0 Å². The normalized spacial score (nSPS) is 14.6. The molecule has 1 radical (unpaired) electrons. The quantitative estimate of drug-likeness (QED) is 0.549. The first-order chi connectivity index (χ1) is 6.98. The van der Waals surface area contributed by atoms with Crippen molar-refractivity contribution in [2.45, 2.75) is 81.6 Å².